The number of fused-ring (bicyclic) bond motifs is 3. The summed E-state index contributed by atoms with van der Waals surface area (Å²) in [5, 5.41) is 8.82. The fraction of sp³-hybridized carbons (Fsp3) is 0.174. The Morgan fingerprint density at radius 2 is 1.91 bits per heavy atom. The molecule has 8 nitrogen and oxygen atoms in total. The minimum absolute atomic E-state index is 0.162. The highest BCUT2D eigenvalue weighted by atomic mass is 32.2. The third-order valence-electron chi connectivity index (χ3n) is 4.48. The average Bonchev–Trinajstić information content (AvgIpc) is 3.19. The molecule has 1 N–H and O–H groups in total. The minimum atomic E-state index is -0.388. The summed E-state index contributed by atoms with van der Waals surface area (Å²) in [5.74, 6) is 0.265. The van der Waals surface area contributed by atoms with Gasteiger partial charge in [0.25, 0.3) is 0 Å². The van der Waals surface area contributed by atoms with Crippen molar-refractivity contribution in [2.45, 2.75) is 19.0 Å². The van der Waals surface area contributed by atoms with E-state index in [0.717, 1.165) is 22.1 Å². The van der Waals surface area contributed by atoms with E-state index in [1.54, 1.807) is 29.6 Å². The van der Waals surface area contributed by atoms with Crippen molar-refractivity contribution in [2.24, 2.45) is 0 Å². The van der Waals surface area contributed by atoms with Crippen LogP contribution in [0.5, 0.6) is 0 Å². The van der Waals surface area contributed by atoms with E-state index < -0.39 is 0 Å². The van der Waals surface area contributed by atoms with Gasteiger partial charge < -0.3 is 10.1 Å². The van der Waals surface area contributed by atoms with Crippen molar-refractivity contribution < 1.29 is 14.3 Å². The summed E-state index contributed by atoms with van der Waals surface area (Å²) < 4.78 is 6.54. The van der Waals surface area contributed by atoms with E-state index in [9.17, 15) is 9.59 Å². The Morgan fingerprint density at radius 3 is 2.69 bits per heavy atom. The lowest BCUT2D eigenvalue weighted by Gasteiger charge is -2.07. The Balaban J connectivity index is 1.42. The van der Waals surface area contributed by atoms with Crippen molar-refractivity contribution in [2.75, 3.05) is 17.7 Å². The Bertz CT molecular complexity index is 1310. The predicted molar refractivity (Wildman–Crippen MR) is 124 cm³/mol. The van der Waals surface area contributed by atoms with Crippen molar-refractivity contribution in [1.29, 1.82) is 0 Å². The van der Waals surface area contributed by atoms with Gasteiger partial charge in [-0.15, -0.1) is 5.10 Å². The number of esters is 1. The molecule has 4 aromatic rings. The molecule has 0 radical (unpaired) electrons. The second-order valence-electron chi connectivity index (χ2n) is 6.85. The van der Waals surface area contributed by atoms with Gasteiger partial charge in [0.2, 0.25) is 5.91 Å². The van der Waals surface area contributed by atoms with E-state index in [2.05, 4.69) is 20.4 Å². The van der Waals surface area contributed by atoms with Gasteiger partial charge in [0.1, 0.15) is 5.82 Å². The number of benzene rings is 2. The molecule has 162 valence electrons. The third kappa shape index (κ3) is 4.94. The second kappa shape index (κ2) is 9.61. The summed E-state index contributed by atoms with van der Waals surface area (Å²) in [6, 6.07) is 14.9. The van der Waals surface area contributed by atoms with Gasteiger partial charge in [0.05, 0.1) is 17.9 Å². The maximum absolute atomic E-state index is 12.5. The van der Waals surface area contributed by atoms with Crippen LogP contribution in [0.1, 0.15) is 18.3 Å². The van der Waals surface area contributed by atoms with E-state index in [4.69, 9.17) is 4.74 Å². The highest BCUT2D eigenvalue weighted by Crippen LogP contribution is 2.24. The smallest absolute Gasteiger partial charge is 0.330 e. The highest BCUT2D eigenvalue weighted by molar-refractivity contribution is 7.99. The number of carbonyl (C=O) groups excluding carboxylic acids is 2. The van der Waals surface area contributed by atoms with Gasteiger partial charge in [-0.2, -0.15) is 4.52 Å². The zero-order valence-electron chi connectivity index (χ0n) is 17.6. The van der Waals surface area contributed by atoms with Crippen molar-refractivity contribution in [1.82, 2.24) is 19.6 Å². The van der Waals surface area contributed by atoms with Gasteiger partial charge in [-0.05, 0) is 49.8 Å². The summed E-state index contributed by atoms with van der Waals surface area (Å²) in [6.45, 7) is 3.92. The van der Waals surface area contributed by atoms with Gasteiger partial charge >= 0.3 is 5.97 Å². The predicted octanol–water partition coefficient (Wildman–Crippen LogP) is 3.89. The molecule has 2 aromatic heterocycles. The topological polar surface area (TPSA) is 98.5 Å². The number of rotatable bonds is 7. The molecule has 2 aromatic carbocycles. The van der Waals surface area contributed by atoms with Crippen LogP contribution in [0.2, 0.25) is 0 Å². The zero-order valence-corrected chi connectivity index (χ0v) is 18.4. The number of hydrogen-bond donors (Lipinski definition) is 1. The molecular formula is C23H21N5O3S. The van der Waals surface area contributed by atoms with Crippen LogP contribution in [-0.2, 0) is 14.3 Å². The molecule has 0 aliphatic heterocycles. The van der Waals surface area contributed by atoms with E-state index >= 15 is 0 Å². The molecule has 0 aliphatic carbocycles. The molecule has 0 unspecified atom stereocenters. The van der Waals surface area contributed by atoms with Crippen LogP contribution in [0, 0.1) is 6.92 Å². The van der Waals surface area contributed by atoms with Gasteiger partial charge in [-0.3, -0.25) is 4.79 Å². The molecule has 0 bridgehead atoms. The first-order valence-corrected chi connectivity index (χ1v) is 11.0. The minimum Gasteiger partial charge on any atom is -0.463 e. The number of para-hydroxylation sites is 1. The van der Waals surface area contributed by atoms with Crippen LogP contribution < -0.4 is 5.32 Å². The molecule has 0 spiro atoms. The molecule has 2 heterocycles. The summed E-state index contributed by atoms with van der Waals surface area (Å²) in [5.41, 5.74) is 3.02. The van der Waals surface area contributed by atoms with Crippen LogP contribution >= 0.6 is 11.8 Å². The third-order valence-corrected chi connectivity index (χ3v) is 5.41. The number of nitrogens with one attached hydrogen (secondary N) is 1. The lowest BCUT2D eigenvalue weighted by molar-refractivity contribution is -0.137. The molecule has 4 rings (SSSR count). The number of carbonyl (C=O) groups is 2. The van der Waals surface area contributed by atoms with Crippen molar-refractivity contribution >= 4 is 52.0 Å². The number of aromatic nitrogens is 4. The Labute approximate surface area is 188 Å². The number of thioether (sulfide) groups is 1. The quantitative estimate of drug-likeness (QED) is 0.199. The van der Waals surface area contributed by atoms with Crippen LogP contribution in [0.4, 0.5) is 5.69 Å². The molecule has 0 saturated carbocycles. The van der Waals surface area contributed by atoms with Crippen LogP contribution in [0.15, 0.2) is 59.8 Å². The molecule has 9 heteroatoms. The highest BCUT2D eigenvalue weighted by Gasteiger charge is 2.14. The van der Waals surface area contributed by atoms with Crippen LogP contribution in [0.3, 0.4) is 0 Å². The first-order valence-electron chi connectivity index (χ1n) is 10.0. The molecule has 0 atom stereocenters. The van der Waals surface area contributed by atoms with Crippen molar-refractivity contribution in [3.8, 4) is 0 Å². The van der Waals surface area contributed by atoms with E-state index in [-0.39, 0.29) is 17.6 Å². The standard InChI is InChI=1S/C23H21N5O3S/c1-3-31-21(30)13-10-16-8-11-17(12-9-16)25-20(29)14-32-23-26-19-7-5-4-6-18(19)22-24-15(2)27-28(22)23/h4-13H,3,14H2,1-2H3,(H,25,29)/b13-10+. The number of hydrogen-bond acceptors (Lipinski definition) is 7. The van der Waals surface area contributed by atoms with Gasteiger partial charge in [0.15, 0.2) is 10.8 Å². The van der Waals surface area contributed by atoms with Crippen molar-refractivity contribution in [3.63, 3.8) is 0 Å². The first-order chi connectivity index (χ1) is 15.5. The maximum Gasteiger partial charge on any atom is 0.330 e. The van der Waals surface area contributed by atoms with Crippen LogP contribution in [-0.4, -0.2) is 43.8 Å². The Hall–Kier alpha value is -3.72. The SMILES string of the molecule is CCOC(=O)/C=C/c1ccc(NC(=O)CSc2nc3ccccc3c3nc(C)nn23)cc1. The Kier molecular flexibility index (Phi) is 6.46. The molecule has 0 saturated heterocycles. The Morgan fingerprint density at radius 1 is 1.12 bits per heavy atom. The number of anilines is 1. The lowest BCUT2D eigenvalue weighted by Crippen LogP contribution is -2.14. The molecule has 1 amide bonds. The molecule has 0 fully saturated rings. The molecule has 32 heavy (non-hydrogen) atoms. The van der Waals surface area contributed by atoms with Crippen LogP contribution in [0.25, 0.3) is 22.6 Å². The fourth-order valence-corrected chi connectivity index (χ4v) is 3.83. The fourth-order valence-electron chi connectivity index (χ4n) is 3.09. The van der Waals surface area contributed by atoms with Gasteiger partial charge in [0, 0.05) is 17.1 Å². The van der Waals surface area contributed by atoms with Gasteiger partial charge in [-0.25, -0.2) is 14.8 Å². The normalized spacial score (nSPS) is 11.3. The van der Waals surface area contributed by atoms with E-state index in [0.29, 0.717) is 23.3 Å². The summed E-state index contributed by atoms with van der Waals surface area (Å²) in [4.78, 5) is 33.0. The second-order valence-corrected chi connectivity index (χ2v) is 7.79. The number of aryl methyl sites for hydroxylation is 1. The average molecular weight is 448 g/mol. The number of nitrogens with zero attached hydrogens (tertiary/aromatic N) is 4. The first kappa shape index (κ1) is 21.5. The number of amides is 1. The maximum atomic E-state index is 12.5. The largest absolute Gasteiger partial charge is 0.463 e. The van der Waals surface area contributed by atoms with E-state index in [1.165, 1.54) is 17.8 Å². The molecule has 0 aliphatic rings. The lowest BCUT2D eigenvalue weighted by atomic mass is 10.2. The van der Waals surface area contributed by atoms with E-state index in [1.807, 2.05) is 43.3 Å². The monoisotopic (exact) mass is 447 g/mol. The molecular weight excluding hydrogens is 426 g/mol. The zero-order chi connectivity index (χ0) is 22.5. The number of ether oxygens (including phenoxy) is 1. The summed E-state index contributed by atoms with van der Waals surface area (Å²) >= 11 is 1.30. The van der Waals surface area contributed by atoms with Gasteiger partial charge in [-0.1, -0.05) is 36.0 Å². The summed E-state index contributed by atoms with van der Waals surface area (Å²) in [6.07, 6.45) is 3.03. The summed E-state index contributed by atoms with van der Waals surface area (Å²) in [7, 11) is 0. The van der Waals surface area contributed by atoms with Crippen molar-refractivity contribution in [3.05, 3.63) is 66.0 Å².